The minimum atomic E-state index is -0.427. The average Bonchev–Trinajstić information content (AvgIpc) is 3.58. The number of nitrogens with one attached hydrogen (secondary N) is 1. The predicted octanol–water partition coefficient (Wildman–Crippen LogP) is 5.51. The number of thioether (sulfide) groups is 1. The molecule has 3 aromatic rings. The van der Waals surface area contributed by atoms with Gasteiger partial charge < -0.3 is 9.15 Å². The maximum atomic E-state index is 12.8. The first-order valence-corrected chi connectivity index (χ1v) is 12.6. The van der Waals surface area contributed by atoms with Gasteiger partial charge in [0.2, 0.25) is 0 Å². The molecule has 0 saturated carbocycles. The molecule has 34 heavy (non-hydrogen) atoms. The lowest BCUT2D eigenvalue weighted by molar-refractivity contribution is -0.123. The highest BCUT2D eigenvalue weighted by Gasteiger charge is 2.34. The monoisotopic (exact) mass is 512 g/mol. The summed E-state index contributed by atoms with van der Waals surface area (Å²) in [6.45, 7) is 2.44. The molecule has 1 saturated heterocycles. The van der Waals surface area contributed by atoms with Gasteiger partial charge in [0.1, 0.15) is 11.5 Å². The number of hydrazine groups is 1. The molecular weight excluding hydrogens is 492 g/mol. The number of ether oxygens (including phenoxy) is 1. The summed E-state index contributed by atoms with van der Waals surface area (Å²) in [7, 11) is 0. The summed E-state index contributed by atoms with van der Waals surface area (Å²) in [5.41, 5.74) is 3.79. The van der Waals surface area contributed by atoms with E-state index in [-0.39, 0.29) is 10.3 Å². The number of carbonyl (C=O) groups excluding carboxylic acids is 3. The highest BCUT2D eigenvalue weighted by molar-refractivity contribution is 8.26. The Hall–Kier alpha value is -3.21. The Balaban J connectivity index is 1.42. The molecule has 0 unspecified atom stereocenters. The number of esters is 1. The summed E-state index contributed by atoms with van der Waals surface area (Å²) in [5.74, 6) is -0.135. The fourth-order valence-corrected chi connectivity index (χ4v) is 4.78. The summed E-state index contributed by atoms with van der Waals surface area (Å²) in [6, 6.07) is 13.9. The third-order valence-corrected chi connectivity index (χ3v) is 6.96. The third-order valence-electron chi connectivity index (χ3n) is 4.79. The number of amides is 2. The Morgan fingerprint density at radius 2 is 1.97 bits per heavy atom. The summed E-state index contributed by atoms with van der Waals surface area (Å²) >= 11 is 7.61. The lowest BCUT2D eigenvalue weighted by atomic mass is 10.1. The number of thiocarbonyl (C=S) groups is 1. The zero-order valence-electron chi connectivity index (χ0n) is 18.1. The molecule has 0 radical (unpaired) electrons. The number of thiophene rings is 1. The van der Waals surface area contributed by atoms with E-state index < -0.39 is 11.8 Å². The molecule has 0 aliphatic carbocycles. The van der Waals surface area contributed by atoms with Crippen LogP contribution in [0.2, 0.25) is 0 Å². The Morgan fingerprint density at radius 3 is 2.68 bits per heavy atom. The summed E-state index contributed by atoms with van der Waals surface area (Å²) in [5, 5.41) is 2.84. The summed E-state index contributed by atoms with van der Waals surface area (Å²) in [6.07, 6.45) is 3.37. The van der Waals surface area contributed by atoms with E-state index in [1.165, 1.54) is 11.3 Å². The van der Waals surface area contributed by atoms with Crippen molar-refractivity contribution in [2.75, 3.05) is 6.61 Å². The highest BCUT2D eigenvalue weighted by atomic mass is 32.2. The van der Waals surface area contributed by atoms with Gasteiger partial charge in [-0.15, -0.1) is 11.3 Å². The van der Waals surface area contributed by atoms with E-state index in [0.717, 1.165) is 35.2 Å². The largest absolute Gasteiger partial charge is 0.462 e. The smallest absolute Gasteiger partial charge is 0.338 e. The fourth-order valence-electron chi connectivity index (χ4n) is 3.01. The molecule has 3 heterocycles. The van der Waals surface area contributed by atoms with Gasteiger partial charge in [-0.25, -0.2) is 4.79 Å². The van der Waals surface area contributed by atoms with Crippen molar-refractivity contribution in [2.24, 2.45) is 0 Å². The standard InChI is InChI=1S/C24H20N2O5S3/c1-2-3-12-30-23(29)16-8-6-15(7-9-16)18-11-10-17(31-18)14-20-22(28)26(24(32)34-20)25-21(27)19-5-4-13-33-19/h4-11,13-14H,2-3,12H2,1H3,(H,25,27)/b20-14+. The van der Waals surface area contributed by atoms with Crippen LogP contribution in [0.1, 0.15) is 45.6 Å². The summed E-state index contributed by atoms with van der Waals surface area (Å²) in [4.78, 5) is 37.9. The van der Waals surface area contributed by atoms with E-state index in [1.54, 1.807) is 60.0 Å². The van der Waals surface area contributed by atoms with Crippen molar-refractivity contribution in [3.05, 3.63) is 75.0 Å². The Labute approximate surface area is 209 Å². The Bertz CT molecular complexity index is 1250. The van der Waals surface area contributed by atoms with Crippen molar-refractivity contribution in [3.8, 4) is 11.3 Å². The van der Waals surface area contributed by atoms with Crippen LogP contribution >= 0.6 is 35.3 Å². The van der Waals surface area contributed by atoms with Gasteiger partial charge in [0.05, 0.1) is 22.0 Å². The van der Waals surface area contributed by atoms with Crippen LogP contribution in [0, 0.1) is 0 Å². The molecule has 2 aromatic heterocycles. The molecule has 2 amide bonds. The molecule has 1 aliphatic rings. The first-order chi connectivity index (χ1) is 16.5. The third kappa shape index (κ3) is 5.46. The average molecular weight is 513 g/mol. The second-order valence-corrected chi connectivity index (χ2v) is 9.83. The Kier molecular flexibility index (Phi) is 7.61. The number of benzene rings is 1. The second kappa shape index (κ2) is 10.8. The van der Waals surface area contributed by atoms with E-state index in [1.807, 2.05) is 6.92 Å². The normalized spacial score (nSPS) is 14.6. The van der Waals surface area contributed by atoms with Crippen molar-refractivity contribution in [1.29, 1.82) is 0 Å². The van der Waals surface area contributed by atoms with Crippen molar-refractivity contribution in [1.82, 2.24) is 10.4 Å². The van der Waals surface area contributed by atoms with Gasteiger partial charge in [-0.05, 0) is 54.4 Å². The van der Waals surface area contributed by atoms with Crippen molar-refractivity contribution in [3.63, 3.8) is 0 Å². The first kappa shape index (κ1) is 23.9. The van der Waals surface area contributed by atoms with Crippen LogP contribution in [0.25, 0.3) is 17.4 Å². The van der Waals surface area contributed by atoms with Crippen molar-refractivity contribution < 1.29 is 23.5 Å². The van der Waals surface area contributed by atoms with E-state index in [0.29, 0.717) is 33.5 Å². The molecule has 1 aliphatic heterocycles. The zero-order valence-corrected chi connectivity index (χ0v) is 20.6. The Morgan fingerprint density at radius 1 is 1.18 bits per heavy atom. The van der Waals surface area contributed by atoms with Gasteiger partial charge in [-0.1, -0.05) is 43.3 Å². The van der Waals surface area contributed by atoms with Gasteiger partial charge in [-0.3, -0.25) is 15.0 Å². The molecule has 7 nitrogen and oxygen atoms in total. The van der Waals surface area contributed by atoms with Crippen molar-refractivity contribution >= 4 is 63.5 Å². The lowest BCUT2D eigenvalue weighted by Gasteiger charge is -2.14. The summed E-state index contributed by atoms with van der Waals surface area (Å²) < 4.78 is 11.3. The van der Waals surface area contributed by atoms with Crippen LogP contribution in [-0.2, 0) is 9.53 Å². The minimum Gasteiger partial charge on any atom is -0.462 e. The van der Waals surface area contributed by atoms with Crippen LogP contribution in [0.5, 0.6) is 0 Å². The van der Waals surface area contributed by atoms with Gasteiger partial charge in [-0.2, -0.15) is 5.01 Å². The molecule has 174 valence electrons. The van der Waals surface area contributed by atoms with Gasteiger partial charge in [0, 0.05) is 11.6 Å². The number of carbonyl (C=O) groups is 3. The molecule has 1 fully saturated rings. The van der Waals surface area contributed by atoms with E-state index in [9.17, 15) is 14.4 Å². The van der Waals surface area contributed by atoms with Gasteiger partial charge >= 0.3 is 5.97 Å². The molecular formula is C24H20N2O5S3. The highest BCUT2D eigenvalue weighted by Crippen LogP contribution is 2.33. The number of hydrogen-bond donors (Lipinski definition) is 1. The SMILES string of the molecule is CCCCOC(=O)c1ccc(-c2ccc(/C=C3/SC(=S)N(NC(=O)c4cccs4)C3=O)o2)cc1. The van der Waals surface area contributed by atoms with Crippen LogP contribution in [0.15, 0.2) is 63.2 Å². The van der Waals surface area contributed by atoms with E-state index in [4.69, 9.17) is 21.4 Å². The number of unbranched alkanes of at least 4 members (excludes halogenated alkanes) is 1. The predicted molar refractivity (Wildman–Crippen MR) is 136 cm³/mol. The van der Waals surface area contributed by atoms with Crippen LogP contribution in [0.4, 0.5) is 0 Å². The van der Waals surface area contributed by atoms with Crippen LogP contribution in [-0.4, -0.2) is 33.7 Å². The molecule has 0 atom stereocenters. The fraction of sp³-hybridized carbons (Fsp3) is 0.167. The zero-order chi connectivity index (χ0) is 24.1. The first-order valence-electron chi connectivity index (χ1n) is 10.5. The quantitative estimate of drug-likeness (QED) is 0.184. The topological polar surface area (TPSA) is 88.9 Å². The second-order valence-electron chi connectivity index (χ2n) is 7.20. The van der Waals surface area contributed by atoms with Crippen LogP contribution in [0.3, 0.4) is 0 Å². The van der Waals surface area contributed by atoms with E-state index in [2.05, 4.69) is 5.43 Å². The van der Waals surface area contributed by atoms with Crippen LogP contribution < -0.4 is 5.43 Å². The number of hydrogen-bond acceptors (Lipinski definition) is 8. The van der Waals surface area contributed by atoms with Gasteiger partial charge in [0.15, 0.2) is 4.32 Å². The minimum absolute atomic E-state index is 0.231. The molecule has 10 heteroatoms. The maximum Gasteiger partial charge on any atom is 0.338 e. The van der Waals surface area contributed by atoms with Crippen molar-refractivity contribution in [2.45, 2.75) is 19.8 Å². The van der Waals surface area contributed by atoms with E-state index >= 15 is 0 Å². The maximum absolute atomic E-state index is 12.8. The number of nitrogens with zero attached hydrogens (tertiary/aromatic N) is 1. The number of furan rings is 1. The molecule has 4 rings (SSSR count). The number of rotatable bonds is 8. The molecule has 1 N–H and O–H groups in total. The molecule has 0 bridgehead atoms. The van der Waals surface area contributed by atoms with Gasteiger partial charge in [0.25, 0.3) is 11.8 Å². The molecule has 1 aromatic carbocycles. The lowest BCUT2D eigenvalue weighted by Crippen LogP contribution is -2.44. The molecule has 0 spiro atoms.